The Morgan fingerprint density at radius 1 is 1.03 bits per heavy atom. The first-order chi connectivity index (χ1) is 14.9. The van der Waals surface area contributed by atoms with Crippen LogP contribution in [0.1, 0.15) is 36.7 Å². The van der Waals surface area contributed by atoms with Gasteiger partial charge in [0.2, 0.25) is 5.91 Å². The fourth-order valence-corrected chi connectivity index (χ4v) is 3.87. The van der Waals surface area contributed by atoms with Gasteiger partial charge in [-0.05, 0) is 49.6 Å². The number of carbonyl (C=O) groups is 2. The quantitative estimate of drug-likeness (QED) is 0.741. The van der Waals surface area contributed by atoms with Crippen molar-refractivity contribution in [2.24, 2.45) is 5.92 Å². The number of benzene rings is 2. The van der Waals surface area contributed by atoms with Gasteiger partial charge in [-0.3, -0.25) is 9.59 Å². The zero-order valence-corrected chi connectivity index (χ0v) is 18.9. The predicted molar refractivity (Wildman–Crippen MR) is 124 cm³/mol. The van der Waals surface area contributed by atoms with Gasteiger partial charge in [-0.15, -0.1) is 0 Å². The van der Waals surface area contributed by atoms with Crippen LogP contribution in [0.25, 0.3) is 0 Å². The van der Waals surface area contributed by atoms with Crippen LogP contribution >= 0.6 is 0 Å². The molecule has 6 nitrogen and oxygen atoms in total. The summed E-state index contributed by atoms with van der Waals surface area (Å²) in [4.78, 5) is 30.4. The Hall–Kier alpha value is -3.02. The molecule has 1 atom stereocenters. The van der Waals surface area contributed by atoms with Gasteiger partial charge in [0.15, 0.2) is 0 Å². The molecular weight excluding hydrogens is 390 g/mol. The molecule has 3 rings (SSSR count). The number of amides is 2. The van der Waals surface area contributed by atoms with Crippen molar-refractivity contribution in [3.05, 3.63) is 59.7 Å². The van der Waals surface area contributed by atoms with Gasteiger partial charge in [0.05, 0.1) is 12.2 Å². The molecule has 6 heteroatoms. The molecule has 0 bridgehead atoms. The van der Waals surface area contributed by atoms with E-state index in [0.717, 1.165) is 13.1 Å². The first kappa shape index (κ1) is 22.7. The van der Waals surface area contributed by atoms with Gasteiger partial charge >= 0.3 is 0 Å². The molecule has 1 aliphatic rings. The third-order valence-electron chi connectivity index (χ3n) is 5.61. The average Bonchev–Trinajstić information content (AvgIpc) is 2.77. The summed E-state index contributed by atoms with van der Waals surface area (Å²) in [6.45, 7) is 11.2. The molecule has 0 aliphatic carbocycles. The molecule has 0 aromatic heterocycles. The van der Waals surface area contributed by atoms with Crippen LogP contribution in [0, 0.1) is 12.8 Å². The molecule has 1 saturated heterocycles. The van der Waals surface area contributed by atoms with Gasteiger partial charge in [-0.25, -0.2) is 0 Å². The van der Waals surface area contributed by atoms with Gasteiger partial charge in [-0.1, -0.05) is 38.1 Å². The smallest absolute Gasteiger partial charge is 0.255 e. The van der Waals surface area contributed by atoms with Crippen LogP contribution in [-0.4, -0.2) is 55.5 Å². The van der Waals surface area contributed by atoms with E-state index < -0.39 is 6.04 Å². The van der Waals surface area contributed by atoms with Crippen LogP contribution in [0.15, 0.2) is 48.5 Å². The summed E-state index contributed by atoms with van der Waals surface area (Å²) in [5.74, 6) is 0.199. The molecule has 0 saturated carbocycles. The Bertz CT molecular complexity index is 904. The lowest BCUT2D eigenvalue weighted by Crippen LogP contribution is -2.56. The van der Waals surface area contributed by atoms with E-state index in [1.54, 1.807) is 18.2 Å². The van der Waals surface area contributed by atoms with Crippen molar-refractivity contribution in [3.8, 4) is 5.75 Å². The topological polar surface area (TPSA) is 61.9 Å². The van der Waals surface area contributed by atoms with E-state index >= 15 is 0 Å². The van der Waals surface area contributed by atoms with Crippen molar-refractivity contribution in [2.75, 3.05) is 37.7 Å². The van der Waals surface area contributed by atoms with E-state index in [0.29, 0.717) is 31.0 Å². The van der Waals surface area contributed by atoms with Gasteiger partial charge in [0, 0.05) is 31.9 Å². The number of rotatable bonds is 7. The molecule has 1 heterocycles. The molecule has 2 aromatic carbocycles. The normalized spacial score (nSPS) is 15.0. The van der Waals surface area contributed by atoms with Crippen molar-refractivity contribution in [2.45, 2.75) is 33.7 Å². The highest BCUT2D eigenvalue weighted by Gasteiger charge is 2.31. The molecule has 0 radical (unpaired) electrons. The first-order valence-corrected chi connectivity index (χ1v) is 11.0. The fraction of sp³-hybridized carbons (Fsp3) is 0.440. The summed E-state index contributed by atoms with van der Waals surface area (Å²) >= 11 is 0. The van der Waals surface area contributed by atoms with E-state index in [2.05, 4.69) is 41.4 Å². The number of carbonyl (C=O) groups excluding carboxylic acids is 2. The van der Waals surface area contributed by atoms with Crippen LogP contribution in [0.3, 0.4) is 0 Å². The Kier molecular flexibility index (Phi) is 7.55. The number of nitrogens with one attached hydrogen (secondary N) is 1. The molecule has 2 aromatic rings. The number of ether oxygens (including phenoxy) is 1. The molecule has 1 unspecified atom stereocenters. The summed E-state index contributed by atoms with van der Waals surface area (Å²) in [6, 6.07) is 15.0. The van der Waals surface area contributed by atoms with Gasteiger partial charge in [0.25, 0.3) is 5.91 Å². The van der Waals surface area contributed by atoms with Crippen molar-refractivity contribution in [1.82, 2.24) is 10.2 Å². The number of nitrogens with zero attached hydrogens (tertiary/aromatic N) is 2. The molecule has 0 spiro atoms. The van der Waals surface area contributed by atoms with Crippen molar-refractivity contribution in [1.29, 1.82) is 0 Å². The third-order valence-corrected chi connectivity index (χ3v) is 5.61. The highest BCUT2D eigenvalue weighted by molar-refractivity contribution is 5.99. The number of hydrogen-bond donors (Lipinski definition) is 1. The zero-order valence-electron chi connectivity index (χ0n) is 18.9. The second-order valence-corrected chi connectivity index (χ2v) is 8.28. The SMILES string of the molecule is CCOc1ccccc1C(=O)NC(C(=O)N1CCN(c2cccc(C)c2)CC1)C(C)C. The monoisotopic (exact) mass is 423 g/mol. The largest absolute Gasteiger partial charge is 0.493 e. The maximum Gasteiger partial charge on any atom is 0.255 e. The van der Waals surface area contributed by atoms with Crippen molar-refractivity contribution >= 4 is 17.5 Å². The molecule has 1 fully saturated rings. The zero-order chi connectivity index (χ0) is 22.4. The van der Waals surface area contributed by atoms with E-state index in [9.17, 15) is 9.59 Å². The Morgan fingerprint density at radius 2 is 1.74 bits per heavy atom. The van der Waals surface area contributed by atoms with Gasteiger partial charge in [-0.2, -0.15) is 0 Å². The minimum Gasteiger partial charge on any atom is -0.493 e. The van der Waals surface area contributed by atoms with Gasteiger partial charge in [0.1, 0.15) is 11.8 Å². The van der Waals surface area contributed by atoms with Crippen LogP contribution in [-0.2, 0) is 4.79 Å². The lowest BCUT2D eigenvalue weighted by Gasteiger charge is -2.38. The highest BCUT2D eigenvalue weighted by atomic mass is 16.5. The van der Waals surface area contributed by atoms with E-state index in [1.165, 1.54) is 11.3 Å². The van der Waals surface area contributed by atoms with Crippen LogP contribution < -0.4 is 15.0 Å². The molecular formula is C25H33N3O3. The number of aryl methyl sites for hydroxylation is 1. The number of hydrogen-bond acceptors (Lipinski definition) is 4. The lowest BCUT2D eigenvalue weighted by atomic mass is 10.0. The minimum absolute atomic E-state index is 0.0227. The molecule has 1 aliphatic heterocycles. The van der Waals surface area contributed by atoms with Crippen molar-refractivity contribution in [3.63, 3.8) is 0 Å². The summed E-state index contributed by atoms with van der Waals surface area (Å²) < 4.78 is 5.58. The van der Waals surface area contributed by atoms with E-state index in [-0.39, 0.29) is 17.7 Å². The second kappa shape index (κ2) is 10.3. The summed E-state index contributed by atoms with van der Waals surface area (Å²) in [5, 5.41) is 2.96. The van der Waals surface area contributed by atoms with Crippen LogP contribution in [0.2, 0.25) is 0 Å². The first-order valence-electron chi connectivity index (χ1n) is 11.0. The third kappa shape index (κ3) is 5.57. The molecule has 2 amide bonds. The number of piperazine rings is 1. The Morgan fingerprint density at radius 3 is 2.39 bits per heavy atom. The molecule has 1 N–H and O–H groups in total. The fourth-order valence-electron chi connectivity index (χ4n) is 3.87. The van der Waals surface area contributed by atoms with E-state index in [4.69, 9.17) is 4.74 Å². The van der Waals surface area contributed by atoms with E-state index in [1.807, 2.05) is 31.7 Å². The maximum atomic E-state index is 13.3. The molecule has 31 heavy (non-hydrogen) atoms. The average molecular weight is 424 g/mol. The maximum absolute atomic E-state index is 13.3. The van der Waals surface area contributed by atoms with Crippen LogP contribution in [0.4, 0.5) is 5.69 Å². The second-order valence-electron chi connectivity index (χ2n) is 8.28. The summed E-state index contributed by atoms with van der Waals surface area (Å²) in [5.41, 5.74) is 2.87. The number of para-hydroxylation sites is 1. The number of anilines is 1. The predicted octanol–water partition coefficient (Wildman–Crippen LogP) is 3.50. The Balaban J connectivity index is 1.65. The lowest BCUT2D eigenvalue weighted by molar-refractivity contribution is -0.134. The van der Waals surface area contributed by atoms with Gasteiger partial charge < -0.3 is 19.9 Å². The summed E-state index contributed by atoms with van der Waals surface area (Å²) in [7, 11) is 0. The van der Waals surface area contributed by atoms with Crippen LogP contribution in [0.5, 0.6) is 5.75 Å². The summed E-state index contributed by atoms with van der Waals surface area (Å²) in [6.07, 6.45) is 0. The minimum atomic E-state index is -0.576. The highest BCUT2D eigenvalue weighted by Crippen LogP contribution is 2.20. The van der Waals surface area contributed by atoms with Crippen molar-refractivity contribution < 1.29 is 14.3 Å². The standard InChI is InChI=1S/C25H33N3O3/c1-5-31-22-12-7-6-11-21(22)24(29)26-23(18(2)3)25(30)28-15-13-27(14-16-28)20-10-8-9-19(4)17-20/h6-12,17-18,23H,5,13-16H2,1-4H3,(H,26,29). The molecule has 166 valence electrons. The Labute approximate surface area is 185 Å².